The summed E-state index contributed by atoms with van der Waals surface area (Å²) in [5.74, 6) is 2.50. The Bertz CT molecular complexity index is 587. The van der Waals surface area contributed by atoms with Gasteiger partial charge >= 0.3 is 0 Å². The third-order valence-corrected chi connectivity index (χ3v) is 8.11. The predicted octanol–water partition coefficient (Wildman–Crippen LogP) is 4.29. The molecule has 4 aliphatic rings. The summed E-state index contributed by atoms with van der Waals surface area (Å²) in [5, 5.41) is 10.3. The smallest absolute Gasteiger partial charge is 0.155 e. The van der Waals surface area contributed by atoms with Gasteiger partial charge in [-0.2, -0.15) is 0 Å². The largest absolute Gasteiger partial charge is 0.393 e. The average molecular weight is 314 g/mol. The summed E-state index contributed by atoms with van der Waals surface area (Å²) >= 11 is 0. The second kappa shape index (κ2) is 5.05. The van der Waals surface area contributed by atoms with E-state index >= 15 is 0 Å². The summed E-state index contributed by atoms with van der Waals surface area (Å²) in [4.78, 5) is 11.8. The average Bonchev–Trinajstić information content (AvgIpc) is 2.85. The van der Waals surface area contributed by atoms with Crippen LogP contribution in [-0.4, -0.2) is 17.0 Å². The van der Waals surface area contributed by atoms with Gasteiger partial charge in [0.05, 0.1) is 6.10 Å². The molecule has 0 spiro atoms. The Kier molecular flexibility index (Phi) is 3.43. The fourth-order valence-electron chi connectivity index (χ4n) is 6.74. The third-order valence-electron chi connectivity index (χ3n) is 8.11. The van der Waals surface area contributed by atoms with E-state index in [4.69, 9.17) is 0 Å². The molecular formula is C21H30O2. The number of ketones is 1. The molecule has 2 fully saturated rings. The van der Waals surface area contributed by atoms with Gasteiger partial charge < -0.3 is 5.11 Å². The van der Waals surface area contributed by atoms with Crippen LogP contribution in [0.25, 0.3) is 0 Å². The molecule has 0 aromatic heterocycles. The molecule has 4 rings (SSSR count). The Morgan fingerprint density at radius 2 is 2.00 bits per heavy atom. The third kappa shape index (κ3) is 2.06. The molecule has 0 radical (unpaired) electrons. The summed E-state index contributed by atoms with van der Waals surface area (Å²) < 4.78 is 0. The minimum atomic E-state index is -0.193. The quantitative estimate of drug-likeness (QED) is 0.733. The Balaban J connectivity index is 1.70. The lowest BCUT2D eigenvalue weighted by molar-refractivity contribution is -0.117. The van der Waals surface area contributed by atoms with Gasteiger partial charge in [0, 0.05) is 6.42 Å². The molecule has 126 valence electrons. The van der Waals surface area contributed by atoms with Crippen molar-refractivity contribution in [2.24, 2.45) is 34.5 Å². The van der Waals surface area contributed by atoms with Crippen LogP contribution in [0, 0.1) is 34.5 Å². The molecule has 23 heavy (non-hydrogen) atoms. The van der Waals surface area contributed by atoms with Gasteiger partial charge in [0.25, 0.3) is 0 Å². The molecule has 2 heteroatoms. The maximum Gasteiger partial charge on any atom is 0.155 e. The summed E-state index contributed by atoms with van der Waals surface area (Å²) in [6.07, 6.45) is 13.0. The molecule has 2 saturated carbocycles. The van der Waals surface area contributed by atoms with Crippen molar-refractivity contribution in [2.45, 2.75) is 65.4 Å². The van der Waals surface area contributed by atoms with Crippen LogP contribution in [0.1, 0.15) is 59.3 Å². The van der Waals surface area contributed by atoms with Crippen molar-refractivity contribution in [3.05, 3.63) is 23.8 Å². The van der Waals surface area contributed by atoms with Crippen LogP contribution in [-0.2, 0) is 4.79 Å². The summed E-state index contributed by atoms with van der Waals surface area (Å²) in [6, 6.07) is 0. The molecule has 1 N–H and O–H groups in total. The standard InChI is InChI=1S/C21H30O2/c1-13(22)17-6-7-18-16-5-4-14-12-15(23)8-10-20(14,2)19(16)9-11-21(17,18)3/h5,8,10,13-14,17-19,22H,4,6-7,9,11-12H2,1-3H3/t13-,14-,17+,18-,19-,20-,21+/m0/s1. The zero-order valence-electron chi connectivity index (χ0n) is 14.7. The first-order valence-corrected chi connectivity index (χ1v) is 9.46. The molecule has 0 bridgehead atoms. The van der Waals surface area contributed by atoms with Gasteiger partial charge in [-0.3, -0.25) is 4.79 Å². The molecule has 0 saturated heterocycles. The highest BCUT2D eigenvalue weighted by atomic mass is 16.3. The number of hydrogen-bond donors (Lipinski definition) is 1. The van der Waals surface area contributed by atoms with Crippen molar-refractivity contribution in [2.75, 3.05) is 0 Å². The maximum absolute atomic E-state index is 11.8. The normalized spacial score (nSPS) is 49.9. The number of carbonyl (C=O) groups is 1. The van der Waals surface area contributed by atoms with E-state index in [0.717, 1.165) is 19.3 Å². The Labute approximate surface area is 140 Å². The van der Waals surface area contributed by atoms with Crippen molar-refractivity contribution in [3.8, 4) is 0 Å². The van der Waals surface area contributed by atoms with E-state index in [0.29, 0.717) is 29.5 Å². The lowest BCUT2D eigenvalue weighted by Gasteiger charge is -2.55. The van der Waals surface area contributed by atoms with Crippen molar-refractivity contribution in [1.29, 1.82) is 0 Å². The van der Waals surface area contributed by atoms with Gasteiger partial charge in [0.2, 0.25) is 0 Å². The van der Waals surface area contributed by atoms with E-state index in [-0.39, 0.29) is 16.9 Å². The van der Waals surface area contributed by atoms with Crippen molar-refractivity contribution >= 4 is 5.78 Å². The van der Waals surface area contributed by atoms with E-state index in [2.05, 4.69) is 26.0 Å². The van der Waals surface area contributed by atoms with E-state index in [1.165, 1.54) is 19.3 Å². The number of allylic oxidation sites excluding steroid dienone is 4. The lowest BCUT2D eigenvalue weighted by atomic mass is 9.49. The first-order valence-electron chi connectivity index (χ1n) is 9.46. The molecule has 0 aliphatic heterocycles. The SMILES string of the molecule is C[C@H](O)[C@H]1CC[C@H]2C3=CC[C@H]4CC(=O)C=C[C@]4(C)[C@H]3CC[C@]12C. The van der Waals surface area contributed by atoms with Crippen LogP contribution in [0.3, 0.4) is 0 Å². The van der Waals surface area contributed by atoms with Crippen molar-refractivity contribution in [1.82, 2.24) is 0 Å². The number of rotatable bonds is 1. The Hall–Kier alpha value is -0.890. The van der Waals surface area contributed by atoms with Crippen LogP contribution in [0.2, 0.25) is 0 Å². The molecule has 0 amide bonds. The topological polar surface area (TPSA) is 37.3 Å². The van der Waals surface area contributed by atoms with E-state index in [1.807, 2.05) is 13.0 Å². The number of carbonyl (C=O) groups excluding carboxylic acids is 1. The minimum absolute atomic E-state index is 0.169. The molecule has 0 unspecified atom stereocenters. The lowest BCUT2D eigenvalue weighted by Crippen LogP contribution is -2.48. The van der Waals surface area contributed by atoms with E-state index < -0.39 is 0 Å². The molecule has 0 aromatic rings. The molecule has 0 aromatic carbocycles. The van der Waals surface area contributed by atoms with Gasteiger partial charge in [-0.15, -0.1) is 0 Å². The molecule has 0 heterocycles. The molecule has 7 atom stereocenters. The maximum atomic E-state index is 11.8. The van der Waals surface area contributed by atoms with Gasteiger partial charge in [-0.1, -0.05) is 31.6 Å². The van der Waals surface area contributed by atoms with Crippen molar-refractivity contribution in [3.63, 3.8) is 0 Å². The van der Waals surface area contributed by atoms with E-state index in [9.17, 15) is 9.90 Å². The van der Waals surface area contributed by atoms with Crippen LogP contribution < -0.4 is 0 Å². The highest BCUT2D eigenvalue weighted by Gasteiger charge is 2.57. The Morgan fingerprint density at radius 3 is 2.74 bits per heavy atom. The number of aliphatic hydroxyl groups excluding tert-OH is 1. The molecular weight excluding hydrogens is 284 g/mol. The van der Waals surface area contributed by atoms with Crippen LogP contribution >= 0.6 is 0 Å². The summed E-state index contributed by atoms with van der Waals surface area (Å²) in [6.45, 7) is 6.79. The van der Waals surface area contributed by atoms with Gasteiger partial charge in [-0.25, -0.2) is 0 Å². The summed E-state index contributed by atoms with van der Waals surface area (Å²) in [7, 11) is 0. The van der Waals surface area contributed by atoms with Gasteiger partial charge in [0.1, 0.15) is 0 Å². The van der Waals surface area contributed by atoms with Crippen LogP contribution in [0.4, 0.5) is 0 Å². The van der Waals surface area contributed by atoms with Crippen molar-refractivity contribution < 1.29 is 9.90 Å². The van der Waals surface area contributed by atoms with Crippen LogP contribution in [0.5, 0.6) is 0 Å². The second-order valence-corrected chi connectivity index (χ2v) is 9.08. The number of hydrogen-bond acceptors (Lipinski definition) is 2. The van der Waals surface area contributed by atoms with E-state index in [1.54, 1.807) is 5.57 Å². The Morgan fingerprint density at radius 1 is 1.22 bits per heavy atom. The monoisotopic (exact) mass is 314 g/mol. The molecule has 2 nitrogen and oxygen atoms in total. The highest BCUT2D eigenvalue weighted by molar-refractivity contribution is 5.91. The zero-order valence-corrected chi connectivity index (χ0v) is 14.7. The fourth-order valence-corrected chi connectivity index (χ4v) is 6.74. The fraction of sp³-hybridized carbons (Fsp3) is 0.762. The van der Waals surface area contributed by atoms with Crippen LogP contribution in [0.15, 0.2) is 23.8 Å². The predicted molar refractivity (Wildman–Crippen MR) is 91.8 cm³/mol. The van der Waals surface area contributed by atoms with Gasteiger partial charge in [-0.05, 0) is 79.6 Å². The first-order chi connectivity index (χ1) is 10.9. The zero-order chi connectivity index (χ0) is 16.4. The molecule has 4 aliphatic carbocycles. The second-order valence-electron chi connectivity index (χ2n) is 9.08. The highest BCUT2D eigenvalue weighted by Crippen LogP contribution is 2.65. The number of aliphatic hydroxyl groups is 1. The van der Waals surface area contributed by atoms with Gasteiger partial charge in [0.15, 0.2) is 5.78 Å². The number of fused-ring (bicyclic) bond motifs is 5. The first kappa shape index (κ1) is 15.6. The summed E-state index contributed by atoms with van der Waals surface area (Å²) in [5.41, 5.74) is 2.11. The minimum Gasteiger partial charge on any atom is -0.393 e.